The minimum absolute atomic E-state index is 0.121. The summed E-state index contributed by atoms with van der Waals surface area (Å²) in [7, 11) is 0. The molecule has 174 valence electrons. The summed E-state index contributed by atoms with van der Waals surface area (Å²) in [6.07, 6.45) is 2.72. The highest BCUT2D eigenvalue weighted by molar-refractivity contribution is 5.97. The van der Waals surface area contributed by atoms with Gasteiger partial charge in [0.2, 0.25) is 0 Å². The Bertz CT molecular complexity index is 1260. The van der Waals surface area contributed by atoms with Crippen molar-refractivity contribution in [1.82, 2.24) is 34.8 Å². The second kappa shape index (κ2) is 8.29. The molecule has 34 heavy (non-hydrogen) atoms. The van der Waals surface area contributed by atoms with Gasteiger partial charge in [0.15, 0.2) is 12.0 Å². The summed E-state index contributed by atoms with van der Waals surface area (Å²) in [5, 5.41) is 17.3. The van der Waals surface area contributed by atoms with E-state index in [0.29, 0.717) is 37.2 Å². The van der Waals surface area contributed by atoms with Crippen molar-refractivity contribution >= 4 is 5.91 Å². The Balaban J connectivity index is 1.34. The van der Waals surface area contributed by atoms with Crippen LogP contribution in [0, 0.1) is 11.5 Å². The number of aromatic nitrogens is 5. The number of benzene rings is 1. The molecule has 0 aliphatic carbocycles. The van der Waals surface area contributed by atoms with E-state index < -0.39 is 12.1 Å². The van der Waals surface area contributed by atoms with Gasteiger partial charge in [0, 0.05) is 30.1 Å². The fourth-order valence-corrected chi connectivity index (χ4v) is 4.32. The van der Waals surface area contributed by atoms with Crippen molar-refractivity contribution in [2.24, 2.45) is 0 Å². The standard InChI is InChI=1S/C21H17F3N8O2/c22-21(23,24)34-17-3-1-2-13(6-17)19-26-8-14-9-32(20(33)18(14)28-19)16-7-15(30(10-16)12-25)11-31-5-4-27-29-31/h1-6,8,15-16H,7,9-11H2/t15-,16+/m0/s1. The van der Waals surface area contributed by atoms with Crippen LogP contribution in [-0.2, 0) is 13.1 Å². The number of nitrogens with zero attached hydrogens (tertiary/aromatic N) is 8. The summed E-state index contributed by atoms with van der Waals surface area (Å²) in [6.45, 7) is 1.15. The van der Waals surface area contributed by atoms with Crippen molar-refractivity contribution in [3.63, 3.8) is 0 Å². The third kappa shape index (κ3) is 4.21. The third-order valence-electron chi connectivity index (χ3n) is 5.83. The maximum absolute atomic E-state index is 13.2. The lowest BCUT2D eigenvalue weighted by molar-refractivity contribution is -0.274. The van der Waals surface area contributed by atoms with Crippen molar-refractivity contribution in [2.75, 3.05) is 6.54 Å². The quantitative estimate of drug-likeness (QED) is 0.522. The van der Waals surface area contributed by atoms with Crippen LogP contribution in [0.3, 0.4) is 0 Å². The fourth-order valence-electron chi connectivity index (χ4n) is 4.32. The molecular formula is C21H17F3N8O2. The Morgan fingerprint density at radius 3 is 2.88 bits per heavy atom. The van der Waals surface area contributed by atoms with Gasteiger partial charge in [-0.05, 0) is 18.6 Å². The van der Waals surface area contributed by atoms with Crippen LogP contribution >= 0.6 is 0 Å². The van der Waals surface area contributed by atoms with E-state index in [1.807, 2.05) is 0 Å². The van der Waals surface area contributed by atoms with E-state index >= 15 is 0 Å². The average molecular weight is 470 g/mol. The highest BCUT2D eigenvalue weighted by Gasteiger charge is 2.41. The van der Waals surface area contributed by atoms with Crippen LogP contribution in [0.25, 0.3) is 11.4 Å². The summed E-state index contributed by atoms with van der Waals surface area (Å²) in [6, 6.07) is 4.94. The number of alkyl halides is 3. The largest absolute Gasteiger partial charge is 0.573 e. The smallest absolute Gasteiger partial charge is 0.406 e. The van der Waals surface area contributed by atoms with Crippen LogP contribution in [0.5, 0.6) is 5.75 Å². The molecule has 5 rings (SSSR count). The molecule has 2 aliphatic rings. The van der Waals surface area contributed by atoms with Crippen LogP contribution in [0.1, 0.15) is 22.5 Å². The molecular weight excluding hydrogens is 453 g/mol. The van der Waals surface area contributed by atoms with E-state index in [4.69, 9.17) is 0 Å². The van der Waals surface area contributed by atoms with E-state index in [2.05, 4.69) is 31.2 Å². The van der Waals surface area contributed by atoms with E-state index in [9.17, 15) is 23.2 Å². The minimum Gasteiger partial charge on any atom is -0.406 e. The fraction of sp³-hybridized carbons (Fsp3) is 0.333. The Hall–Kier alpha value is -4.21. The maximum atomic E-state index is 13.2. The number of likely N-dealkylation sites (tertiary alicyclic amines) is 1. The molecule has 1 amide bonds. The number of halogens is 3. The first-order valence-electron chi connectivity index (χ1n) is 10.3. The van der Waals surface area contributed by atoms with Gasteiger partial charge in [0.25, 0.3) is 5.91 Å². The summed E-state index contributed by atoms with van der Waals surface area (Å²) in [5.41, 5.74) is 1.12. The number of ether oxygens (including phenoxy) is 1. The maximum Gasteiger partial charge on any atom is 0.573 e. The zero-order valence-electron chi connectivity index (χ0n) is 17.6. The number of fused-ring (bicyclic) bond motifs is 1. The number of carbonyl (C=O) groups is 1. The van der Waals surface area contributed by atoms with E-state index in [0.717, 1.165) is 0 Å². The summed E-state index contributed by atoms with van der Waals surface area (Å²) in [4.78, 5) is 25.1. The molecule has 1 fully saturated rings. The molecule has 0 N–H and O–H groups in total. The number of carbonyl (C=O) groups excluding carboxylic acids is 1. The molecule has 0 saturated carbocycles. The lowest BCUT2D eigenvalue weighted by Gasteiger charge is -2.22. The molecule has 0 unspecified atom stereocenters. The highest BCUT2D eigenvalue weighted by Crippen LogP contribution is 2.32. The minimum atomic E-state index is -4.82. The van der Waals surface area contributed by atoms with Gasteiger partial charge in [-0.15, -0.1) is 18.3 Å². The van der Waals surface area contributed by atoms with Gasteiger partial charge < -0.3 is 14.5 Å². The van der Waals surface area contributed by atoms with Gasteiger partial charge in [0.05, 0.1) is 31.4 Å². The number of hydrogen-bond acceptors (Lipinski definition) is 8. The predicted octanol–water partition coefficient (Wildman–Crippen LogP) is 2.21. The Kier molecular flexibility index (Phi) is 5.27. The van der Waals surface area contributed by atoms with Crippen LogP contribution in [0.4, 0.5) is 13.2 Å². The Labute approximate surface area is 191 Å². The van der Waals surface area contributed by atoms with Gasteiger partial charge in [-0.25, -0.2) is 9.97 Å². The second-order valence-electron chi connectivity index (χ2n) is 8.00. The summed E-state index contributed by atoms with van der Waals surface area (Å²) < 4.78 is 43.3. The second-order valence-corrected chi connectivity index (χ2v) is 8.00. The zero-order valence-corrected chi connectivity index (χ0v) is 17.6. The summed E-state index contributed by atoms with van der Waals surface area (Å²) in [5.74, 6) is -0.579. The molecule has 10 nitrogen and oxygen atoms in total. The molecule has 2 aliphatic heterocycles. The molecule has 4 heterocycles. The van der Waals surface area contributed by atoms with Gasteiger partial charge in [-0.2, -0.15) is 5.26 Å². The Morgan fingerprint density at radius 1 is 1.29 bits per heavy atom. The molecule has 1 aromatic carbocycles. The van der Waals surface area contributed by atoms with Gasteiger partial charge in [-0.1, -0.05) is 17.3 Å². The van der Waals surface area contributed by atoms with Gasteiger partial charge in [0.1, 0.15) is 11.4 Å². The van der Waals surface area contributed by atoms with E-state index in [1.54, 1.807) is 32.9 Å². The lowest BCUT2D eigenvalue weighted by Crippen LogP contribution is -2.37. The molecule has 1 saturated heterocycles. The highest BCUT2D eigenvalue weighted by atomic mass is 19.4. The van der Waals surface area contributed by atoms with Gasteiger partial charge >= 0.3 is 6.36 Å². The van der Waals surface area contributed by atoms with E-state index in [1.165, 1.54) is 24.4 Å². The zero-order chi connectivity index (χ0) is 23.9. The summed E-state index contributed by atoms with van der Waals surface area (Å²) >= 11 is 0. The molecule has 3 aromatic rings. The first-order chi connectivity index (χ1) is 16.3. The van der Waals surface area contributed by atoms with Crippen LogP contribution in [0.15, 0.2) is 42.9 Å². The Morgan fingerprint density at radius 2 is 2.15 bits per heavy atom. The van der Waals surface area contributed by atoms with Crippen LogP contribution < -0.4 is 4.74 Å². The van der Waals surface area contributed by atoms with Crippen LogP contribution in [-0.4, -0.2) is 65.7 Å². The monoisotopic (exact) mass is 470 g/mol. The van der Waals surface area contributed by atoms with Gasteiger partial charge in [-0.3, -0.25) is 9.48 Å². The van der Waals surface area contributed by atoms with Crippen molar-refractivity contribution < 1.29 is 22.7 Å². The predicted molar refractivity (Wildman–Crippen MR) is 109 cm³/mol. The number of hydrogen-bond donors (Lipinski definition) is 0. The van der Waals surface area contributed by atoms with E-state index in [-0.39, 0.29) is 29.5 Å². The molecule has 2 atom stereocenters. The number of nitriles is 1. The first kappa shape index (κ1) is 21.6. The molecule has 0 bridgehead atoms. The first-order valence-corrected chi connectivity index (χ1v) is 10.3. The van der Waals surface area contributed by atoms with Crippen molar-refractivity contribution in [3.8, 4) is 23.3 Å². The normalized spacial score (nSPS) is 19.9. The van der Waals surface area contributed by atoms with Crippen LogP contribution in [0.2, 0.25) is 0 Å². The molecule has 0 radical (unpaired) electrons. The molecule has 0 spiro atoms. The molecule has 2 aromatic heterocycles. The number of amides is 1. The number of rotatable bonds is 5. The van der Waals surface area contributed by atoms with Crippen molar-refractivity contribution in [3.05, 3.63) is 54.1 Å². The average Bonchev–Trinajstić information content (AvgIpc) is 3.52. The topological polar surface area (TPSA) is 113 Å². The van der Waals surface area contributed by atoms with Crippen molar-refractivity contribution in [1.29, 1.82) is 5.26 Å². The SMILES string of the molecule is N#CN1C[C@H](N2Cc3cnc(-c4cccc(OC(F)(F)F)c4)nc3C2=O)C[C@H]1Cn1ccnn1. The third-order valence-corrected chi connectivity index (χ3v) is 5.83. The lowest BCUT2D eigenvalue weighted by atomic mass is 10.1. The molecule has 13 heteroatoms. The van der Waals surface area contributed by atoms with Crippen molar-refractivity contribution in [2.45, 2.75) is 38.0 Å².